The molecule has 2 aromatic rings. The molecule has 0 saturated heterocycles. The van der Waals surface area contributed by atoms with E-state index in [1.54, 1.807) is 6.26 Å². The number of benzene rings is 1. The van der Waals surface area contributed by atoms with Crippen molar-refractivity contribution >= 4 is 5.82 Å². The second-order valence-corrected chi connectivity index (χ2v) is 5.70. The number of hydrogen-bond acceptors (Lipinski definition) is 4. The molecule has 0 unspecified atom stereocenters. The van der Waals surface area contributed by atoms with Crippen molar-refractivity contribution < 1.29 is 4.42 Å². The fourth-order valence-corrected chi connectivity index (χ4v) is 2.78. The molecule has 5 nitrogen and oxygen atoms in total. The molecule has 1 aromatic heterocycles. The maximum atomic E-state index is 5.36. The molecule has 0 saturated carbocycles. The van der Waals surface area contributed by atoms with Gasteiger partial charge < -0.3 is 14.7 Å². The molecule has 2 aliphatic heterocycles. The highest BCUT2D eigenvalue weighted by molar-refractivity contribution is 5.77. The summed E-state index contributed by atoms with van der Waals surface area (Å²) in [6.07, 6.45) is 2.50. The number of rotatable bonds is 5. The molecule has 2 N–H and O–H groups in total. The predicted molar refractivity (Wildman–Crippen MR) is 94.1 cm³/mol. The van der Waals surface area contributed by atoms with Crippen molar-refractivity contribution in [1.82, 2.24) is 15.0 Å². The molecule has 0 amide bonds. The lowest BCUT2D eigenvalue weighted by atomic mass is 10.1. The first-order valence-electron chi connectivity index (χ1n) is 7.98. The van der Waals surface area contributed by atoms with Gasteiger partial charge in [0.05, 0.1) is 17.7 Å². The number of aromatic amines is 1. The number of anilines is 1. The van der Waals surface area contributed by atoms with E-state index < -0.39 is 0 Å². The van der Waals surface area contributed by atoms with Gasteiger partial charge in [-0.05, 0) is 25.1 Å². The van der Waals surface area contributed by atoms with Gasteiger partial charge >= 0.3 is 0 Å². The Morgan fingerprint density at radius 1 is 1.08 bits per heavy atom. The number of H-pyrrole nitrogens is 1. The Morgan fingerprint density at radius 3 is 2.75 bits per heavy atom. The minimum atomic E-state index is 0.743. The number of furan rings is 1. The van der Waals surface area contributed by atoms with Crippen molar-refractivity contribution in [2.75, 3.05) is 11.9 Å². The third-order valence-electron chi connectivity index (χ3n) is 3.90. The number of nitrogens with zero attached hydrogens (tertiary/aromatic N) is 2. The molecular formula is C19H18N4O. The van der Waals surface area contributed by atoms with E-state index in [2.05, 4.69) is 33.5 Å². The number of hydrogen-bond donors (Lipinski definition) is 2. The summed E-state index contributed by atoms with van der Waals surface area (Å²) in [7, 11) is 0. The Bertz CT molecular complexity index is 897. The molecule has 0 atom stereocenters. The van der Waals surface area contributed by atoms with Gasteiger partial charge in [0, 0.05) is 18.5 Å². The van der Waals surface area contributed by atoms with Crippen molar-refractivity contribution in [2.45, 2.75) is 13.3 Å². The van der Waals surface area contributed by atoms with Crippen LogP contribution in [0.25, 0.3) is 22.6 Å². The van der Waals surface area contributed by atoms with E-state index in [1.807, 2.05) is 37.3 Å². The highest BCUT2D eigenvalue weighted by Crippen LogP contribution is 2.31. The van der Waals surface area contributed by atoms with Crippen LogP contribution in [0.3, 0.4) is 0 Å². The largest absolute Gasteiger partial charge is 0.469 e. The summed E-state index contributed by atoms with van der Waals surface area (Å²) in [5.74, 6) is 2.61. The number of aromatic nitrogens is 3. The second kappa shape index (κ2) is 6.20. The van der Waals surface area contributed by atoms with Gasteiger partial charge in [0.2, 0.25) is 0 Å². The number of nitrogens with one attached hydrogen (secondary N) is 2. The average molecular weight is 318 g/mol. The highest BCUT2D eigenvalue weighted by atomic mass is 16.3. The van der Waals surface area contributed by atoms with Gasteiger partial charge in [0.15, 0.2) is 5.82 Å². The highest BCUT2D eigenvalue weighted by Gasteiger charge is 2.17. The molecule has 3 heterocycles. The smallest absolute Gasteiger partial charge is 0.156 e. The normalized spacial score (nSPS) is 11.0. The van der Waals surface area contributed by atoms with E-state index in [0.29, 0.717) is 0 Å². The lowest BCUT2D eigenvalue weighted by Gasteiger charge is -2.09. The van der Waals surface area contributed by atoms with E-state index in [4.69, 9.17) is 9.40 Å². The molecule has 0 bridgehead atoms. The molecule has 120 valence electrons. The third kappa shape index (κ3) is 2.88. The summed E-state index contributed by atoms with van der Waals surface area (Å²) in [5.41, 5.74) is 3.89. The van der Waals surface area contributed by atoms with Crippen molar-refractivity contribution in [3.63, 3.8) is 0 Å². The number of aryl methyl sites for hydroxylation is 1. The Hall–Kier alpha value is -3.08. The van der Waals surface area contributed by atoms with Crippen LogP contribution in [0, 0.1) is 6.92 Å². The van der Waals surface area contributed by atoms with Crippen LogP contribution in [0.15, 0.2) is 59.2 Å². The van der Waals surface area contributed by atoms with Gasteiger partial charge in [-0.25, -0.2) is 9.97 Å². The molecule has 5 heteroatoms. The van der Waals surface area contributed by atoms with Crippen LogP contribution >= 0.6 is 0 Å². The standard InChI is InChI=1S/C19H18N4O/c1-13-21-17-12-16(14-6-3-2-4-7-14)23-18(17)19(22-13)20-10-9-15-8-5-11-24-15/h2-8,11-12,20H,9-10H2,1H3,(H,21,22). The SMILES string of the molecule is Cc1nc(NCCc2ccco2)c2nc(-c3ccccc3)cc-2[nH]1. The molecule has 0 aliphatic carbocycles. The first-order valence-corrected chi connectivity index (χ1v) is 7.98. The van der Waals surface area contributed by atoms with Crippen molar-refractivity contribution in [1.29, 1.82) is 0 Å². The van der Waals surface area contributed by atoms with E-state index >= 15 is 0 Å². The summed E-state index contributed by atoms with van der Waals surface area (Å²) in [4.78, 5) is 12.6. The fourth-order valence-electron chi connectivity index (χ4n) is 2.78. The van der Waals surface area contributed by atoms with Gasteiger partial charge in [-0.3, -0.25) is 0 Å². The Labute approximate surface area is 140 Å². The lowest BCUT2D eigenvalue weighted by Crippen LogP contribution is -2.09. The second-order valence-electron chi connectivity index (χ2n) is 5.70. The minimum absolute atomic E-state index is 0.743. The summed E-state index contributed by atoms with van der Waals surface area (Å²) in [6.45, 7) is 2.69. The molecule has 0 radical (unpaired) electrons. The van der Waals surface area contributed by atoms with E-state index in [0.717, 1.165) is 53.0 Å². The van der Waals surface area contributed by atoms with Crippen molar-refractivity contribution in [3.8, 4) is 22.6 Å². The monoisotopic (exact) mass is 318 g/mol. The van der Waals surface area contributed by atoms with E-state index in [-0.39, 0.29) is 0 Å². The molecule has 4 rings (SSSR count). The number of fused-ring (bicyclic) bond motifs is 1. The maximum absolute atomic E-state index is 5.36. The summed E-state index contributed by atoms with van der Waals surface area (Å²) < 4.78 is 5.36. The van der Waals surface area contributed by atoms with Crippen LogP contribution in [-0.4, -0.2) is 21.5 Å². The molecule has 0 spiro atoms. The van der Waals surface area contributed by atoms with E-state index in [9.17, 15) is 0 Å². The average Bonchev–Trinajstić information content (AvgIpc) is 3.25. The lowest BCUT2D eigenvalue weighted by molar-refractivity contribution is 0.513. The summed E-state index contributed by atoms with van der Waals surface area (Å²) in [6, 6.07) is 16.1. The van der Waals surface area contributed by atoms with E-state index in [1.165, 1.54) is 0 Å². The zero-order chi connectivity index (χ0) is 16.4. The summed E-state index contributed by atoms with van der Waals surface area (Å²) in [5, 5.41) is 3.38. The first kappa shape index (κ1) is 14.5. The van der Waals surface area contributed by atoms with Crippen molar-refractivity contribution in [3.05, 3.63) is 66.4 Å². The van der Waals surface area contributed by atoms with Crippen LogP contribution in [0.1, 0.15) is 11.6 Å². The van der Waals surface area contributed by atoms with Gasteiger partial charge in [-0.1, -0.05) is 30.3 Å². The molecule has 1 aromatic carbocycles. The maximum Gasteiger partial charge on any atom is 0.156 e. The fraction of sp³-hybridized carbons (Fsp3) is 0.158. The van der Waals surface area contributed by atoms with Crippen LogP contribution < -0.4 is 5.32 Å². The Balaban J connectivity index is 1.62. The minimum Gasteiger partial charge on any atom is -0.469 e. The van der Waals surface area contributed by atoms with Crippen LogP contribution in [0.5, 0.6) is 0 Å². The zero-order valence-corrected chi connectivity index (χ0v) is 13.4. The van der Waals surface area contributed by atoms with Gasteiger partial charge in [-0.2, -0.15) is 0 Å². The van der Waals surface area contributed by atoms with Crippen LogP contribution in [0.2, 0.25) is 0 Å². The molecular weight excluding hydrogens is 300 g/mol. The molecule has 0 fully saturated rings. The Morgan fingerprint density at radius 2 is 1.96 bits per heavy atom. The molecule has 2 aliphatic rings. The Kier molecular flexibility index (Phi) is 3.75. The predicted octanol–water partition coefficient (Wildman–Crippen LogP) is 4.13. The van der Waals surface area contributed by atoms with Gasteiger partial charge in [0.25, 0.3) is 0 Å². The van der Waals surface area contributed by atoms with Crippen LogP contribution in [-0.2, 0) is 6.42 Å². The van der Waals surface area contributed by atoms with Gasteiger partial charge in [0.1, 0.15) is 17.3 Å². The quantitative estimate of drug-likeness (QED) is 0.580. The van der Waals surface area contributed by atoms with Gasteiger partial charge in [-0.15, -0.1) is 0 Å². The topological polar surface area (TPSA) is 66.7 Å². The zero-order valence-electron chi connectivity index (χ0n) is 13.4. The summed E-state index contributed by atoms with van der Waals surface area (Å²) >= 11 is 0. The third-order valence-corrected chi connectivity index (χ3v) is 3.90. The van der Waals surface area contributed by atoms with Crippen LogP contribution in [0.4, 0.5) is 5.82 Å². The molecule has 24 heavy (non-hydrogen) atoms. The van der Waals surface area contributed by atoms with Crippen molar-refractivity contribution in [2.24, 2.45) is 0 Å². The first-order chi connectivity index (χ1) is 11.8.